The molecule has 2 rings (SSSR count). The summed E-state index contributed by atoms with van der Waals surface area (Å²) in [6.07, 6.45) is 2.89. The van der Waals surface area contributed by atoms with Crippen LogP contribution in [0.1, 0.15) is 24.8 Å². The van der Waals surface area contributed by atoms with Crippen molar-refractivity contribution in [3.05, 3.63) is 34.3 Å². The molecule has 1 aromatic carbocycles. The lowest BCUT2D eigenvalue weighted by atomic mass is 9.77. The Bertz CT molecular complexity index is 367. The Hall–Kier alpha value is -0.420. The Balaban J connectivity index is 2.21. The van der Waals surface area contributed by atoms with E-state index in [-0.39, 0.29) is 19.3 Å². The molecule has 1 aliphatic heterocycles. The molecule has 0 aliphatic carbocycles. The van der Waals surface area contributed by atoms with Crippen molar-refractivity contribution >= 4 is 15.9 Å². The number of halogens is 1. The summed E-state index contributed by atoms with van der Waals surface area (Å²) in [4.78, 5) is 0. The van der Waals surface area contributed by atoms with E-state index in [4.69, 9.17) is 4.74 Å². The number of hydrogen-bond donors (Lipinski definition) is 2. The highest BCUT2D eigenvalue weighted by atomic mass is 79.9. The lowest BCUT2D eigenvalue weighted by Crippen LogP contribution is -2.38. The van der Waals surface area contributed by atoms with Crippen molar-refractivity contribution in [2.24, 2.45) is 0 Å². The topological polar surface area (TPSA) is 49.7 Å². The minimum atomic E-state index is -0.601. The van der Waals surface area contributed by atoms with Crippen molar-refractivity contribution in [3.8, 4) is 0 Å². The van der Waals surface area contributed by atoms with E-state index >= 15 is 0 Å². The molecule has 1 atom stereocenters. The van der Waals surface area contributed by atoms with Crippen molar-refractivity contribution in [2.45, 2.75) is 30.8 Å². The van der Waals surface area contributed by atoms with E-state index in [0.29, 0.717) is 6.42 Å². The Kier molecular flexibility index (Phi) is 4.78. The van der Waals surface area contributed by atoms with Gasteiger partial charge < -0.3 is 14.9 Å². The molecule has 4 heteroatoms. The van der Waals surface area contributed by atoms with Crippen LogP contribution in [-0.4, -0.2) is 36.1 Å². The summed E-state index contributed by atoms with van der Waals surface area (Å²) in [5, 5.41) is 19.5. The van der Waals surface area contributed by atoms with Crippen LogP contribution in [0.4, 0.5) is 0 Å². The molecule has 100 valence electrons. The van der Waals surface area contributed by atoms with E-state index in [2.05, 4.69) is 15.9 Å². The first-order valence-corrected chi connectivity index (χ1v) is 7.09. The fourth-order valence-electron chi connectivity index (χ4n) is 2.52. The summed E-state index contributed by atoms with van der Waals surface area (Å²) in [5.74, 6) is 0. The van der Waals surface area contributed by atoms with Crippen LogP contribution in [0.3, 0.4) is 0 Å². The van der Waals surface area contributed by atoms with Crippen LogP contribution in [-0.2, 0) is 10.2 Å². The van der Waals surface area contributed by atoms with E-state index in [0.717, 1.165) is 29.5 Å². The van der Waals surface area contributed by atoms with Gasteiger partial charge in [-0.2, -0.15) is 0 Å². The van der Waals surface area contributed by atoms with Gasteiger partial charge in [0, 0.05) is 16.5 Å². The van der Waals surface area contributed by atoms with E-state index in [1.54, 1.807) is 0 Å². The molecule has 0 radical (unpaired) electrons. The van der Waals surface area contributed by atoms with E-state index < -0.39 is 5.41 Å². The maximum Gasteiger partial charge on any atom is 0.0586 e. The third-order valence-corrected chi connectivity index (χ3v) is 4.23. The molecule has 0 spiro atoms. The van der Waals surface area contributed by atoms with Gasteiger partial charge in [-0.1, -0.05) is 28.1 Å². The number of hydrogen-bond acceptors (Lipinski definition) is 3. The van der Waals surface area contributed by atoms with E-state index in [1.807, 2.05) is 24.3 Å². The van der Waals surface area contributed by atoms with Crippen molar-refractivity contribution in [3.63, 3.8) is 0 Å². The number of ether oxygens (including phenoxy) is 1. The fraction of sp³-hybridized carbons (Fsp3) is 0.571. The van der Waals surface area contributed by atoms with Crippen molar-refractivity contribution in [1.29, 1.82) is 0 Å². The van der Waals surface area contributed by atoms with Crippen molar-refractivity contribution in [2.75, 3.05) is 19.8 Å². The Labute approximate surface area is 116 Å². The molecule has 0 saturated carbocycles. The largest absolute Gasteiger partial charge is 0.395 e. The quantitative estimate of drug-likeness (QED) is 0.876. The molecule has 18 heavy (non-hydrogen) atoms. The van der Waals surface area contributed by atoms with Crippen LogP contribution in [0.2, 0.25) is 0 Å². The normalized spacial score (nSPS) is 20.3. The zero-order valence-corrected chi connectivity index (χ0v) is 11.9. The van der Waals surface area contributed by atoms with Gasteiger partial charge in [0.1, 0.15) is 0 Å². The lowest BCUT2D eigenvalue weighted by molar-refractivity contribution is 0.0389. The number of aliphatic hydroxyl groups is 2. The molecular weight excluding hydrogens is 296 g/mol. The van der Waals surface area contributed by atoms with E-state index in [1.165, 1.54) is 0 Å². The highest BCUT2D eigenvalue weighted by Crippen LogP contribution is 2.33. The average Bonchev–Trinajstić information content (AvgIpc) is 2.90. The van der Waals surface area contributed by atoms with Gasteiger partial charge in [0.2, 0.25) is 0 Å². The Morgan fingerprint density at radius 3 is 2.39 bits per heavy atom. The monoisotopic (exact) mass is 314 g/mol. The second-order valence-electron chi connectivity index (χ2n) is 4.94. The lowest BCUT2D eigenvalue weighted by Gasteiger charge is -2.32. The zero-order chi connectivity index (χ0) is 13.0. The average molecular weight is 315 g/mol. The fourth-order valence-corrected chi connectivity index (χ4v) is 2.79. The van der Waals surface area contributed by atoms with Gasteiger partial charge in [0.15, 0.2) is 0 Å². The molecule has 1 fully saturated rings. The van der Waals surface area contributed by atoms with Crippen LogP contribution >= 0.6 is 15.9 Å². The molecule has 1 saturated heterocycles. The van der Waals surface area contributed by atoms with Crippen LogP contribution in [0.25, 0.3) is 0 Å². The van der Waals surface area contributed by atoms with Gasteiger partial charge in [0.25, 0.3) is 0 Å². The van der Waals surface area contributed by atoms with Gasteiger partial charge in [0.05, 0.1) is 19.3 Å². The third-order valence-electron chi connectivity index (χ3n) is 3.70. The minimum Gasteiger partial charge on any atom is -0.395 e. The highest BCUT2D eigenvalue weighted by Gasteiger charge is 2.35. The van der Waals surface area contributed by atoms with Gasteiger partial charge in [-0.15, -0.1) is 0 Å². The molecule has 1 heterocycles. The molecule has 1 aliphatic rings. The third kappa shape index (κ3) is 2.94. The summed E-state index contributed by atoms with van der Waals surface area (Å²) in [6.45, 7) is 0.661. The maximum absolute atomic E-state index is 9.73. The predicted octanol–water partition coefficient (Wildman–Crippen LogP) is 2.24. The summed E-state index contributed by atoms with van der Waals surface area (Å²) >= 11 is 3.39. The SMILES string of the molecule is OCC(CO)(CC1CCCO1)c1ccc(Br)cc1. The number of rotatable bonds is 5. The van der Waals surface area contributed by atoms with Crippen molar-refractivity contribution in [1.82, 2.24) is 0 Å². The summed E-state index contributed by atoms with van der Waals surface area (Å²) in [6, 6.07) is 7.77. The van der Waals surface area contributed by atoms with Gasteiger partial charge in [-0.25, -0.2) is 0 Å². The molecule has 0 aromatic heterocycles. The first-order chi connectivity index (χ1) is 8.70. The predicted molar refractivity (Wildman–Crippen MR) is 73.6 cm³/mol. The summed E-state index contributed by atoms with van der Waals surface area (Å²) in [5.41, 5.74) is 0.363. The van der Waals surface area contributed by atoms with Gasteiger partial charge in [-0.05, 0) is 37.0 Å². The van der Waals surface area contributed by atoms with Crippen LogP contribution in [0.5, 0.6) is 0 Å². The van der Waals surface area contributed by atoms with Gasteiger partial charge >= 0.3 is 0 Å². The number of aliphatic hydroxyl groups excluding tert-OH is 2. The zero-order valence-electron chi connectivity index (χ0n) is 10.3. The smallest absolute Gasteiger partial charge is 0.0586 e. The van der Waals surface area contributed by atoms with Crippen molar-refractivity contribution < 1.29 is 14.9 Å². The molecule has 1 aromatic rings. The number of benzene rings is 1. The van der Waals surface area contributed by atoms with Crippen LogP contribution in [0.15, 0.2) is 28.7 Å². The van der Waals surface area contributed by atoms with Gasteiger partial charge in [-0.3, -0.25) is 0 Å². The van der Waals surface area contributed by atoms with Crippen LogP contribution < -0.4 is 0 Å². The maximum atomic E-state index is 9.73. The van der Waals surface area contributed by atoms with Crippen LogP contribution in [0, 0.1) is 0 Å². The molecule has 3 nitrogen and oxygen atoms in total. The molecule has 0 amide bonds. The molecule has 2 N–H and O–H groups in total. The highest BCUT2D eigenvalue weighted by molar-refractivity contribution is 9.10. The minimum absolute atomic E-state index is 0.0645. The summed E-state index contributed by atoms with van der Waals surface area (Å²) < 4.78 is 6.62. The summed E-state index contributed by atoms with van der Waals surface area (Å²) in [7, 11) is 0. The molecular formula is C14H19BrO3. The molecule has 1 unspecified atom stereocenters. The second-order valence-corrected chi connectivity index (χ2v) is 5.86. The standard InChI is InChI=1S/C14H19BrO3/c15-12-5-3-11(4-6-12)14(9-16,10-17)8-13-2-1-7-18-13/h3-6,13,16-17H,1-2,7-10H2. The first-order valence-electron chi connectivity index (χ1n) is 6.29. The molecule has 0 bridgehead atoms. The second kappa shape index (κ2) is 6.15. The van der Waals surface area contributed by atoms with E-state index in [9.17, 15) is 10.2 Å². The Morgan fingerprint density at radius 1 is 1.22 bits per heavy atom. The Morgan fingerprint density at radius 2 is 1.89 bits per heavy atom. The first kappa shape index (κ1) is 14.0.